The van der Waals surface area contributed by atoms with E-state index in [2.05, 4.69) is 0 Å². The SMILES string of the molecule is CCCOc1ccc(C(O)CN2C(=O)CC(C)C2=O)cc1. The maximum Gasteiger partial charge on any atom is 0.232 e. The summed E-state index contributed by atoms with van der Waals surface area (Å²) >= 11 is 0. The average molecular weight is 291 g/mol. The minimum atomic E-state index is -0.872. The molecule has 2 rings (SSSR count). The van der Waals surface area contributed by atoms with E-state index in [4.69, 9.17) is 4.74 Å². The molecule has 1 fully saturated rings. The molecule has 5 nitrogen and oxygen atoms in total. The minimum absolute atomic E-state index is 0.0111. The summed E-state index contributed by atoms with van der Waals surface area (Å²) in [4.78, 5) is 24.7. The Bertz CT molecular complexity index is 512. The Morgan fingerprint density at radius 1 is 1.33 bits per heavy atom. The summed E-state index contributed by atoms with van der Waals surface area (Å²) in [6.07, 6.45) is 0.292. The largest absolute Gasteiger partial charge is 0.494 e. The number of carbonyl (C=O) groups is 2. The van der Waals surface area contributed by atoms with Crippen LogP contribution in [0.4, 0.5) is 0 Å². The predicted molar refractivity (Wildman–Crippen MR) is 77.7 cm³/mol. The highest BCUT2D eigenvalue weighted by molar-refractivity contribution is 6.03. The molecule has 2 amide bonds. The zero-order valence-corrected chi connectivity index (χ0v) is 12.4. The molecule has 0 spiro atoms. The van der Waals surface area contributed by atoms with Gasteiger partial charge in [0.25, 0.3) is 0 Å². The van der Waals surface area contributed by atoms with E-state index >= 15 is 0 Å². The Hall–Kier alpha value is -1.88. The summed E-state index contributed by atoms with van der Waals surface area (Å²) in [7, 11) is 0. The lowest BCUT2D eigenvalue weighted by Crippen LogP contribution is -2.34. The van der Waals surface area contributed by atoms with Gasteiger partial charge in [-0.15, -0.1) is 0 Å². The second-order valence-electron chi connectivity index (χ2n) is 5.38. The molecule has 2 atom stereocenters. The molecular weight excluding hydrogens is 270 g/mol. The molecule has 1 aliphatic heterocycles. The quantitative estimate of drug-likeness (QED) is 0.813. The Balaban J connectivity index is 1.98. The fraction of sp³-hybridized carbons (Fsp3) is 0.500. The number of amides is 2. The number of likely N-dealkylation sites (tertiary alicyclic amines) is 1. The monoisotopic (exact) mass is 291 g/mol. The first-order valence-electron chi connectivity index (χ1n) is 7.28. The Labute approximate surface area is 124 Å². The molecule has 1 N–H and O–H groups in total. The summed E-state index contributed by atoms with van der Waals surface area (Å²) in [6.45, 7) is 4.42. The van der Waals surface area contributed by atoms with E-state index < -0.39 is 6.10 Å². The lowest BCUT2D eigenvalue weighted by Gasteiger charge is -2.19. The topological polar surface area (TPSA) is 66.8 Å². The Morgan fingerprint density at radius 3 is 2.52 bits per heavy atom. The van der Waals surface area contributed by atoms with Crippen molar-refractivity contribution in [3.05, 3.63) is 29.8 Å². The molecule has 0 radical (unpaired) electrons. The zero-order valence-electron chi connectivity index (χ0n) is 12.4. The van der Waals surface area contributed by atoms with Crippen molar-refractivity contribution in [2.45, 2.75) is 32.8 Å². The van der Waals surface area contributed by atoms with Crippen molar-refractivity contribution in [2.75, 3.05) is 13.2 Å². The lowest BCUT2D eigenvalue weighted by molar-refractivity contribution is -0.140. The number of carbonyl (C=O) groups excluding carboxylic acids is 2. The van der Waals surface area contributed by atoms with Crippen molar-refractivity contribution in [3.8, 4) is 5.75 Å². The second kappa shape index (κ2) is 6.72. The van der Waals surface area contributed by atoms with E-state index in [0.29, 0.717) is 12.2 Å². The molecule has 5 heteroatoms. The van der Waals surface area contributed by atoms with Gasteiger partial charge in [0, 0.05) is 12.3 Å². The van der Waals surface area contributed by atoms with Crippen LogP contribution >= 0.6 is 0 Å². The molecule has 1 heterocycles. The lowest BCUT2D eigenvalue weighted by atomic mass is 10.1. The van der Waals surface area contributed by atoms with Gasteiger partial charge in [-0.2, -0.15) is 0 Å². The fourth-order valence-corrected chi connectivity index (χ4v) is 2.32. The summed E-state index contributed by atoms with van der Waals surface area (Å²) in [5.41, 5.74) is 0.666. The first-order chi connectivity index (χ1) is 10.0. The van der Waals surface area contributed by atoms with Gasteiger partial charge in [0.05, 0.1) is 19.3 Å². The number of hydrogen-bond acceptors (Lipinski definition) is 4. The van der Waals surface area contributed by atoms with Gasteiger partial charge in [0.15, 0.2) is 0 Å². The number of benzene rings is 1. The van der Waals surface area contributed by atoms with Gasteiger partial charge >= 0.3 is 0 Å². The highest BCUT2D eigenvalue weighted by Crippen LogP contribution is 2.24. The van der Waals surface area contributed by atoms with Gasteiger partial charge in [0.1, 0.15) is 5.75 Å². The molecule has 1 saturated heterocycles. The molecule has 0 bridgehead atoms. The number of ether oxygens (including phenoxy) is 1. The van der Waals surface area contributed by atoms with Crippen LogP contribution in [0.15, 0.2) is 24.3 Å². The number of imide groups is 1. The minimum Gasteiger partial charge on any atom is -0.494 e. The van der Waals surface area contributed by atoms with Gasteiger partial charge in [-0.05, 0) is 24.1 Å². The van der Waals surface area contributed by atoms with Crippen molar-refractivity contribution in [2.24, 2.45) is 5.92 Å². The standard InChI is InChI=1S/C16H21NO4/c1-3-8-21-13-6-4-12(5-7-13)14(18)10-17-15(19)9-11(2)16(17)20/h4-7,11,14,18H,3,8-10H2,1-2H3. The summed E-state index contributed by atoms with van der Waals surface area (Å²) in [6, 6.07) is 7.07. The van der Waals surface area contributed by atoms with Crippen LogP contribution in [-0.2, 0) is 9.59 Å². The molecule has 1 aromatic carbocycles. The molecular formula is C16H21NO4. The van der Waals surface area contributed by atoms with E-state index in [1.54, 1.807) is 31.2 Å². The predicted octanol–water partition coefficient (Wildman–Crippen LogP) is 1.90. The number of hydrogen-bond donors (Lipinski definition) is 1. The molecule has 0 saturated carbocycles. The van der Waals surface area contributed by atoms with Gasteiger partial charge in [-0.1, -0.05) is 26.0 Å². The summed E-state index contributed by atoms with van der Waals surface area (Å²) in [5, 5.41) is 10.2. The molecule has 21 heavy (non-hydrogen) atoms. The normalized spacial score (nSPS) is 20.0. The van der Waals surface area contributed by atoms with E-state index in [1.807, 2.05) is 6.92 Å². The van der Waals surface area contributed by atoms with Crippen molar-refractivity contribution in [3.63, 3.8) is 0 Å². The van der Waals surface area contributed by atoms with Gasteiger partial charge < -0.3 is 9.84 Å². The van der Waals surface area contributed by atoms with Crippen LogP contribution in [-0.4, -0.2) is 35.0 Å². The van der Waals surface area contributed by atoms with Crippen molar-refractivity contribution >= 4 is 11.8 Å². The third-order valence-corrected chi connectivity index (χ3v) is 3.56. The number of β-amino-alcohol motifs (C(OH)–C–C–N with tert-alkyl or cyclic N) is 1. The van der Waals surface area contributed by atoms with E-state index in [9.17, 15) is 14.7 Å². The van der Waals surface area contributed by atoms with E-state index in [0.717, 1.165) is 17.1 Å². The third kappa shape index (κ3) is 3.61. The Morgan fingerprint density at radius 2 is 2.00 bits per heavy atom. The Kier molecular flexibility index (Phi) is 4.96. The van der Waals surface area contributed by atoms with Crippen LogP contribution in [0, 0.1) is 5.92 Å². The van der Waals surface area contributed by atoms with Crippen LogP contribution in [0.3, 0.4) is 0 Å². The average Bonchev–Trinajstić information content (AvgIpc) is 2.72. The summed E-state index contributed by atoms with van der Waals surface area (Å²) in [5.74, 6) is 0.0423. The molecule has 0 aromatic heterocycles. The highest BCUT2D eigenvalue weighted by atomic mass is 16.5. The number of aliphatic hydroxyl groups excluding tert-OH is 1. The fourth-order valence-electron chi connectivity index (χ4n) is 2.32. The molecule has 1 aromatic rings. The van der Waals surface area contributed by atoms with Crippen LogP contribution in [0.25, 0.3) is 0 Å². The third-order valence-electron chi connectivity index (χ3n) is 3.56. The first kappa shape index (κ1) is 15.5. The van der Waals surface area contributed by atoms with Gasteiger partial charge in [0.2, 0.25) is 11.8 Å². The molecule has 1 aliphatic rings. The molecule has 114 valence electrons. The van der Waals surface area contributed by atoms with Crippen molar-refractivity contribution in [1.82, 2.24) is 4.90 Å². The molecule has 0 aliphatic carbocycles. The van der Waals surface area contributed by atoms with E-state index in [1.165, 1.54) is 0 Å². The van der Waals surface area contributed by atoms with Crippen LogP contribution in [0.2, 0.25) is 0 Å². The highest BCUT2D eigenvalue weighted by Gasteiger charge is 2.36. The van der Waals surface area contributed by atoms with Crippen LogP contribution in [0.5, 0.6) is 5.75 Å². The molecule has 2 unspecified atom stereocenters. The summed E-state index contributed by atoms with van der Waals surface area (Å²) < 4.78 is 5.47. The number of nitrogens with zero attached hydrogens (tertiary/aromatic N) is 1. The van der Waals surface area contributed by atoms with Crippen LogP contribution < -0.4 is 4.74 Å². The maximum atomic E-state index is 11.8. The van der Waals surface area contributed by atoms with E-state index in [-0.39, 0.29) is 30.7 Å². The number of rotatable bonds is 6. The maximum absolute atomic E-state index is 11.8. The van der Waals surface area contributed by atoms with Gasteiger partial charge in [-0.25, -0.2) is 0 Å². The van der Waals surface area contributed by atoms with Crippen LogP contribution in [0.1, 0.15) is 38.4 Å². The second-order valence-corrected chi connectivity index (χ2v) is 5.38. The zero-order chi connectivity index (χ0) is 15.4. The van der Waals surface area contributed by atoms with Crippen molar-refractivity contribution < 1.29 is 19.4 Å². The number of aliphatic hydroxyl groups is 1. The smallest absolute Gasteiger partial charge is 0.232 e. The first-order valence-corrected chi connectivity index (χ1v) is 7.28. The van der Waals surface area contributed by atoms with Gasteiger partial charge in [-0.3, -0.25) is 14.5 Å². The van der Waals surface area contributed by atoms with Crippen molar-refractivity contribution in [1.29, 1.82) is 0 Å².